The molecule has 0 aliphatic rings. The Morgan fingerprint density at radius 1 is 1.67 bits per heavy atom. The molecule has 1 unspecified atom stereocenters. The monoisotopic (exact) mass is 250 g/mol. The Kier molecular flexibility index (Phi) is 3.80. The summed E-state index contributed by atoms with van der Waals surface area (Å²) in [6.45, 7) is 0. The van der Waals surface area contributed by atoms with Gasteiger partial charge < -0.3 is 5.11 Å². The fourth-order valence-corrected chi connectivity index (χ4v) is 2.52. The van der Waals surface area contributed by atoms with E-state index in [1.165, 1.54) is 11.3 Å². The zero-order valence-electron chi connectivity index (χ0n) is 7.58. The summed E-state index contributed by atoms with van der Waals surface area (Å²) >= 11 is 1.27. The average Bonchev–Trinajstić information content (AvgIpc) is 2.50. The van der Waals surface area contributed by atoms with E-state index in [2.05, 4.69) is 4.72 Å². The van der Waals surface area contributed by atoms with Crippen LogP contribution in [-0.2, 0) is 15.0 Å². The molecule has 0 amide bonds. The fourth-order valence-electron chi connectivity index (χ4n) is 1.06. The van der Waals surface area contributed by atoms with Crippen molar-refractivity contribution in [3.8, 4) is 0 Å². The minimum Gasteiger partial charge on any atom is -0.481 e. The lowest BCUT2D eigenvalue weighted by molar-refractivity contribution is -0.137. The molecular formula is C7H10N2O4S2. The standard InChI is InChI=1S/C7H10N2O4S2/c8-15(12,13)9-5(4-7(10)11)6-2-1-3-14-6/h1-3,5,9H,4H2,(H,10,11)(H2,8,12,13). The maximum absolute atomic E-state index is 10.8. The molecule has 1 heterocycles. The normalized spacial score (nSPS) is 13.7. The second-order valence-corrected chi connectivity index (χ2v) is 5.13. The van der Waals surface area contributed by atoms with Gasteiger partial charge >= 0.3 is 5.97 Å². The van der Waals surface area contributed by atoms with E-state index in [4.69, 9.17) is 10.2 Å². The van der Waals surface area contributed by atoms with Crippen molar-refractivity contribution >= 4 is 27.5 Å². The highest BCUT2D eigenvalue weighted by Gasteiger charge is 2.20. The molecule has 1 aromatic rings. The van der Waals surface area contributed by atoms with Crippen molar-refractivity contribution in [2.75, 3.05) is 0 Å². The first-order chi connectivity index (χ1) is 6.88. The minimum absolute atomic E-state index is 0.336. The molecule has 15 heavy (non-hydrogen) atoms. The third-order valence-electron chi connectivity index (χ3n) is 1.57. The summed E-state index contributed by atoms with van der Waals surface area (Å²) in [5.41, 5.74) is 0. The van der Waals surface area contributed by atoms with Gasteiger partial charge in [0.25, 0.3) is 10.2 Å². The van der Waals surface area contributed by atoms with Crippen LogP contribution in [0.5, 0.6) is 0 Å². The van der Waals surface area contributed by atoms with E-state index in [1.54, 1.807) is 17.5 Å². The molecule has 0 aliphatic heterocycles. The molecule has 0 fully saturated rings. The third kappa shape index (κ3) is 4.38. The maximum atomic E-state index is 10.8. The summed E-state index contributed by atoms with van der Waals surface area (Å²) in [7, 11) is -3.90. The van der Waals surface area contributed by atoms with E-state index >= 15 is 0 Å². The van der Waals surface area contributed by atoms with E-state index in [-0.39, 0.29) is 6.42 Å². The highest BCUT2D eigenvalue weighted by molar-refractivity contribution is 7.87. The predicted octanol–water partition coefficient (Wildman–Crippen LogP) is 0.0570. The van der Waals surface area contributed by atoms with Gasteiger partial charge in [0, 0.05) is 4.88 Å². The second-order valence-electron chi connectivity index (χ2n) is 2.83. The molecule has 0 saturated carbocycles. The van der Waals surface area contributed by atoms with Gasteiger partial charge in [0.2, 0.25) is 0 Å². The summed E-state index contributed by atoms with van der Waals surface area (Å²) in [6, 6.07) is 2.55. The third-order valence-corrected chi connectivity index (χ3v) is 3.17. The van der Waals surface area contributed by atoms with Crippen molar-refractivity contribution in [3.63, 3.8) is 0 Å². The molecule has 0 radical (unpaired) electrons. The van der Waals surface area contributed by atoms with Crippen LogP contribution >= 0.6 is 11.3 Å². The van der Waals surface area contributed by atoms with E-state index < -0.39 is 22.2 Å². The SMILES string of the molecule is NS(=O)(=O)NC(CC(=O)O)c1cccs1. The van der Waals surface area contributed by atoms with Crippen molar-refractivity contribution in [3.05, 3.63) is 22.4 Å². The number of carbonyl (C=O) groups is 1. The molecule has 8 heteroatoms. The number of thiophene rings is 1. The molecule has 1 aromatic heterocycles. The summed E-state index contributed by atoms with van der Waals surface area (Å²) < 4.78 is 23.7. The van der Waals surface area contributed by atoms with Gasteiger partial charge in [-0.15, -0.1) is 11.3 Å². The number of carboxylic acids is 1. The summed E-state index contributed by atoms with van der Waals surface area (Å²) in [4.78, 5) is 11.1. The molecule has 84 valence electrons. The van der Waals surface area contributed by atoms with Gasteiger partial charge in [-0.25, -0.2) is 5.14 Å². The lowest BCUT2D eigenvalue weighted by atomic mass is 10.2. The highest BCUT2D eigenvalue weighted by atomic mass is 32.2. The zero-order valence-corrected chi connectivity index (χ0v) is 9.22. The van der Waals surface area contributed by atoms with Crippen molar-refractivity contribution in [1.29, 1.82) is 0 Å². The van der Waals surface area contributed by atoms with Gasteiger partial charge in [0.1, 0.15) is 0 Å². The molecule has 0 saturated heterocycles. The molecular weight excluding hydrogens is 240 g/mol. The molecule has 1 atom stereocenters. The van der Waals surface area contributed by atoms with Crippen LogP contribution in [0.2, 0.25) is 0 Å². The lowest BCUT2D eigenvalue weighted by Gasteiger charge is -2.12. The van der Waals surface area contributed by atoms with Gasteiger partial charge in [0.05, 0.1) is 12.5 Å². The Hall–Kier alpha value is -0.960. The maximum Gasteiger partial charge on any atom is 0.305 e. The minimum atomic E-state index is -3.90. The molecule has 0 aromatic carbocycles. The average molecular weight is 250 g/mol. The van der Waals surface area contributed by atoms with Gasteiger partial charge in [0.15, 0.2) is 0 Å². The van der Waals surface area contributed by atoms with Gasteiger partial charge in [-0.05, 0) is 11.4 Å². The van der Waals surface area contributed by atoms with Crippen LogP contribution in [0.4, 0.5) is 0 Å². The van der Waals surface area contributed by atoms with Crippen LogP contribution in [0.15, 0.2) is 17.5 Å². The Labute approximate surface area is 90.9 Å². The van der Waals surface area contributed by atoms with Crippen molar-refractivity contribution in [2.24, 2.45) is 5.14 Å². The van der Waals surface area contributed by atoms with Crippen LogP contribution in [0.3, 0.4) is 0 Å². The predicted molar refractivity (Wildman–Crippen MR) is 55.6 cm³/mol. The highest BCUT2D eigenvalue weighted by Crippen LogP contribution is 2.22. The van der Waals surface area contributed by atoms with Crippen LogP contribution < -0.4 is 9.86 Å². The van der Waals surface area contributed by atoms with Crippen LogP contribution in [-0.4, -0.2) is 19.5 Å². The summed E-state index contributed by atoms with van der Waals surface area (Å²) in [5.74, 6) is -1.09. The van der Waals surface area contributed by atoms with Crippen LogP contribution in [0, 0.1) is 0 Å². The van der Waals surface area contributed by atoms with E-state index in [0.717, 1.165) is 0 Å². The number of nitrogens with one attached hydrogen (secondary N) is 1. The Bertz CT molecular complexity index is 426. The number of aliphatic carboxylic acids is 1. The van der Waals surface area contributed by atoms with Gasteiger partial charge in [-0.1, -0.05) is 6.07 Å². The van der Waals surface area contributed by atoms with Crippen molar-refractivity contribution in [2.45, 2.75) is 12.5 Å². The molecule has 1 rings (SSSR count). The smallest absolute Gasteiger partial charge is 0.305 e. The first-order valence-electron chi connectivity index (χ1n) is 3.94. The van der Waals surface area contributed by atoms with Crippen molar-refractivity contribution in [1.82, 2.24) is 4.72 Å². The molecule has 6 nitrogen and oxygen atoms in total. The first-order valence-corrected chi connectivity index (χ1v) is 6.36. The molecule has 0 spiro atoms. The first kappa shape index (κ1) is 12.1. The second kappa shape index (κ2) is 4.71. The molecule has 4 N–H and O–H groups in total. The van der Waals surface area contributed by atoms with E-state index in [0.29, 0.717) is 4.88 Å². The largest absolute Gasteiger partial charge is 0.481 e. The van der Waals surface area contributed by atoms with Gasteiger partial charge in [-0.2, -0.15) is 13.1 Å². The number of hydrogen-bond acceptors (Lipinski definition) is 4. The topological polar surface area (TPSA) is 109 Å². The number of rotatable bonds is 5. The van der Waals surface area contributed by atoms with Crippen molar-refractivity contribution < 1.29 is 18.3 Å². The summed E-state index contributed by atoms with van der Waals surface area (Å²) in [6.07, 6.45) is -0.336. The molecule has 0 bridgehead atoms. The van der Waals surface area contributed by atoms with Crippen LogP contribution in [0.25, 0.3) is 0 Å². The number of carboxylic acid groups (broad SMARTS) is 1. The Morgan fingerprint density at radius 3 is 2.73 bits per heavy atom. The van der Waals surface area contributed by atoms with Crippen LogP contribution in [0.1, 0.15) is 17.3 Å². The number of hydrogen-bond donors (Lipinski definition) is 3. The lowest BCUT2D eigenvalue weighted by Crippen LogP contribution is -2.35. The fraction of sp³-hybridized carbons (Fsp3) is 0.286. The van der Waals surface area contributed by atoms with Gasteiger partial charge in [-0.3, -0.25) is 4.79 Å². The van der Waals surface area contributed by atoms with E-state index in [9.17, 15) is 13.2 Å². The number of nitrogens with two attached hydrogens (primary N) is 1. The molecule has 0 aliphatic carbocycles. The zero-order chi connectivity index (χ0) is 11.5. The Morgan fingerprint density at radius 2 is 2.33 bits per heavy atom. The quantitative estimate of drug-likeness (QED) is 0.686. The Balaban J connectivity index is 2.84. The van der Waals surface area contributed by atoms with E-state index in [1.807, 2.05) is 0 Å². The summed E-state index contributed by atoms with van der Waals surface area (Å²) in [5, 5.41) is 15.1.